The number of hydrogen-bond acceptors (Lipinski definition) is 4. The van der Waals surface area contributed by atoms with E-state index in [2.05, 4.69) is 5.32 Å². The van der Waals surface area contributed by atoms with Crippen molar-refractivity contribution in [3.05, 3.63) is 70.2 Å². The minimum atomic E-state index is -0.662. The number of fused-ring (bicyclic) bond motifs is 1. The van der Waals surface area contributed by atoms with Crippen LogP contribution in [0.4, 0.5) is 5.69 Å². The van der Waals surface area contributed by atoms with Gasteiger partial charge in [-0.05, 0) is 35.0 Å². The van der Waals surface area contributed by atoms with Crippen molar-refractivity contribution < 1.29 is 19.1 Å². The lowest BCUT2D eigenvalue weighted by Crippen LogP contribution is -2.21. The SMILES string of the molecule is COc1cc2ccccc2cc1C(=O)OCC(=O)Nc1cccc(Cl)c1Cl. The highest BCUT2D eigenvalue weighted by atomic mass is 35.5. The zero-order valence-electron chi connectivity index (χ0n) is 14.3. The summed E-state index contributed by atoms with van der Waals surface area (Å²) in [6.45, 7) is -0.475. The standard InChI is InChI=1S/C20H15Cl2NO4/c1-26-17-10-13-6-3-2-5-12(13)9-14(17)20(25)27-11-18(24)23-16-8-4-7-15(21)19(16)22/h2-10H,11H2,1H3,(H,23,24). The van der Waals surface area contributed by atoms with Gasteiger partial charge in [0.2, 0.25) is 0 Å². The van der Waals surface area contributed by atoms with E-state index in [1.165, 1.54) is 7.11 Å². The number of benzene rings is 3. The summed E-state index contributed by atoms with van der Waals surface area (Å²) >= 11 is 11.9. The Bertz CT molecular complexity index is 1020. The quantitative estimate of drug-likeness (QED) is 0.612. The Hall–Kier alpha value is -2.76. The highest BCUT2D eigenvalue weighted by Crippen LogP contribution is 2.29. The number of halogens is 2. The van der Waals surface area contributed by atoms with Gasteiger partial charge in [0.05, 0.1) is 22.8 Å². The largest absolute Gasteiger partial charge is 0.496 e. The van der Waals surface area contributed by atoms with Crippen molar-refractivity contribution in [2.75, 3.05) is 19.0 Å². The molecule has 0 bridgehead atoms. The molecule has 5 nitrogen and oxygen atoms in total. The minimum Gasteiger partial charge on any atom is -0.496 e. The number of methoxy groups -OCH3 is 1. The van der Waals surface area contributed by atoms with E-state index in [9.17, 15) is 9.59 Å². The molecule has 0 radical (unpaired) electrons. The predicted octanol–water partition coefficient (Wildman–Crippen LogP) is 4.95. The summed E-state index contributed by atoms with van der Waals surface area (Å²) < 4.78 is 10.4. The Labute approximate surface area is 165 Å². The Balaban J connectivity index is 1.71. The molecule has 0 aliphatic heterocycles. The van der Waals surface area contributed by atoms with E-state index >= 15 is 0 Å². The molecule has 3 aromatic rings. The second-order valence-electron chi connectivity index (χ2n) is 5.63. The molecule has 1 N–H and O–H groups in total. The molecule has 0 heterocycles. The van der Waals surface area contributed by atoms with Crippen LogP contribution in [0.1, 0.15) is 10.4 Å². The first-order valence-corrected chi connectivity index (χ1v) is 8.73. The normalized spacial score (nSPS) is 10.5. The molecule has 0 atom stereocenters. The highest BCUT2D eigenvalue weighted by Gasteiger charge is 2.17. The number of ether oxygens (including phenoxy) is 2. The lowest BCUT2D eigenvalue weighted by molar-refractivity contribution is -0.119. The van der Waals surface area contributed by atoms with Gasteiger partial charge in [0, 0.05) is 0 Å². The van der Waals surface area contributed by atoms with Crippen molar-refractivity contribution in [1.82, 2.24) is 0 Å². The molecule has 0 spiro atoms. The summed E-state index contributed by atoms with van der Waals surface area (Å²) in [5.41, 5.74) is 0.582. The molecular weight excluding hydrogens is 389 g/mol. The Morgan fingerprint density at radius 3 is 2.41 bits per heavy atom. The zero-order chi connectivity index (χ0) is 19.4. The molecule has 0 aromatic heterocycles. The maximum Gasteiger partial charge on any atom is 0.342 e. The number of rotatable bonds is 5. The van der Waals surface area contributed by atoms with Crippen LogP contribution in [0.3, 0.4) is 0 Å². The van der Waals surface area contributed by atoms with E-state index in [0.29, 0.717) is 16.5 Å². The Morgan fingerprint density at radius 2 is 1.70 bits per heavy atom. The van der Waals surface area contributed by atoms with E-state index in [0.717, 1.165) is 10.8 Å². The third-order valence-electron chi connectivity index (χ3n) is 3.85. The lowest BCUT2D eigenvalue weighted by Gasteiger charge is -2.11. The van der Waals surface area contributed by atoms with E-state index in [1.54, 1.807) is 30.3 Å². The fraction of sp³-hybridized carbons (Fsp3) is 0.100. The first kappa shape index (κ1) is 19.0. The number of esters is 1. The van der Waals surface area contributed by atoms with Crippen LogP contribution in [0.5, 0.6) is 5.75 Å². The van der Waals surface area contributed by atoms with Gasteiger partial charge in [0.15, 0.2) is 6.61 Å². The van der Waals surface area contributed by atoms with Gasteiger partial charge in [0.1, 0.15) is 11.3 Å². The number of carbonyl (C=O) groups excluding carboxylic acids is 2. The average molecular weight is 404 g/mol. The maximum atomic E-state index is 12.4. The highest BCUT2D eigenvalue weighted by molar-refractivity contribution is 6.44. The molecule has 0 saturated carbocycles. The summed E-state index contributed by atoms with van der Waals surface area (Å²) in [4.78, 5) is 24.5. The molecular formula is C20H15Cl2NO4. The van der Waals surface area contributed by atoms with Crippen LogP contribution in [0.15, 0.2) is 54.6 Å². The first-order valence-electron chi connectivity index (χ1n) is 7.97. The minimum absolute atomic E-state index is 0.218. The topological polar surface area (TPSA) is 64.6 Å². The molecule has 0 unspecified atom stereocenters. The van der Waals surface area contributed by atoms with Crippen molar-refractivity contribution in [2.45, 2.75) is 0 Å². The smallest absolute Gasteiger partial charge is 0.342 e. The van der Waals surface area contributed by atoms with Crippen molar-refractivity contribution in [2.24, 2.45) is 0 Å². The van der Waals surface area contributed by atoms with Crippen LogP contribution in [-0.2, 0) is 9.53 Å². The van der Waals surface area contributed by atoms with E-state index < -0.39 is 18.5 Å². The van der Waals surface area contributed by atoms with Crippen molar-refractivity contribution in [1.29, 1.82) is 0 Å². The first-order chi connectivity index (χ1) is 13.0. The van der Waals surface area contributed by atoms with Gasteiger partial charge in [-0.1, -0.05) is 53.5 Å². The van der Waals surface area contributed by atoms with Crippen LogP contribution in [0, 0.1) is 0 Å². The molecule has 138 valence electrons. The number of nitrogens with one attached hydrogen (secondary N) is 1. The van der Waals surface area contributed by atoms with Crippen molar-refractivity contribution in [3.8, 4) is 5.75 Å². The van der Waals surface area contributed by atoms with Gasteiger partial charge in [0.25, 0.3) is 5.91 Å². The molecule has 0 fully saturated rings. The van der Waals surface area contributed by atoms with Gasteiger partial charge < -0.3 is 14.8 Å². The van der Waals surface area contributed by atoms with Gasteiger partial charge in [-0.2, -0.15) is 0 Å². The Morgan fingerprint density at radius 1 is 1.00 bits per heavy atom. The van der Waals surface area contributed by atoms with E-state index in [-0.39, 0.29) is 10.6 Å². The second kappa shape index (κ2) is 8.29. The molecule has 0 saturated heterocycles. The fourth-order valence-electron chi connectivity index (χ4n) is 2.54. The van der Waals surface area contributed by atoms with Crippen LogP contribution >= 0.6 is 23.2 Å². The summed E-state index contributed by atoms with van der Waals surface area (Å²) in [5, 5.41) is 4.87. The van der Waals surface area contributed by atoms with Crippen LogP contribution in [-0.4, -0.2) is 25.6 Å². The van der Waals surface area contributed by atoms with Crippen molar-refractivity contribution in [3.63, 3.8) is 0 Å². The van der Waals surface area contributed by atoms with Gasteiger partial charge in [-0.25, -0.2) is 4.79 Å². The number of hydrogen-bond donors (Lipinski definition) is 1. The lowest BCUT2D eigenvalue weighted by atomic mass is 10.1. The number of anilines is 1. The molecule has 1 amide bonds. The molecule has 7 heteroatoms. The summed E-state index contributed by atoms with van der Waals surface area (Å²) in [6, 6.07) is 15.8. The fourth-order valence-corrected chi connectivity index (χ4v) is 2.89. The maximum absolute atomic E-state index is 12.4. The molecule has 3 rings (SSSR count). The predicted molar refractivity (Wildman–Crippen MR) is 106 cm³/mol. The summed E-state index contributed by atoms with van der Waals surface area (Å²) in [7, 11) is 1.47. The average Bonchev–Trinajstić information content (AvgIpc) is 2.68. The van der Waals surface area contributed by atoms with Crippen molar-refractivity contribution >= 4 is 51.5 Å². The van der Waals surface area contributed by atoms with E-state index in [1.807, 2.05) is 24.3 Å². The van der Waals surface area contributed by atoms with Crippen LogP contribution < -0.4 is 10.1 Å². The molecule has 27 heavy (non-hydrogen) atoms. The van der Waals surface area contributed by atoms with Crippen LogP contribution in [0.25, 0.3) is 10.8 Å². The molecule has 0 aliphatic carbocycles. The van der Waals surface area contributed by atoms with Gasteiger partial charge >= 0.3 is 5.97 Å². The van der Waals surface area contributed by atoms with Crippen LogP contribution in [0.2, 0.25) is 10.0 Å². The molecule has 0 aliphatic rings. The zero-order valence-corrected chi connectivity index (χ0v) is 15.8. The number of amides is 1. The molecule has 3 aromatic carbocycles. The third-order valence-corrected chi connectivity index (χ3v) is 4.67. The summed E-state index contributed by atoms with van der Waals surface area (Å²) in [5.74, 6) is -0.825. The van der Waals surface area contributed by atoms with E-state index in [4.69, 9.17) is 32.7 Å². The second-order valence-corrected chi connectivity index (χ2v) is 6.41. The van der Waals surface area contributed by atoms with Gasteiger partial charge in [-0.15, -0.1) is 0 Å². The monoisotopic (exact) mass is 403 g/mol. The Kier molecular flexibility index (Phi) is 5.84. The third kappa shape index (κ3) is 4.32. The summed E-state index contributed by atoms with van der Waals surface area (Å²) in [6.07, 6.45) is 0. The van der Waals surface area contributed by atoms with Gasteiger partial charge in [-0.3, -0.25) is 4.79 Å². The number of carbonyl (C=O) groups is 2.